The molecule has 2 aromatic rings. The standard InChI is InChI=1S/C15H13FO2S/c1-18-13-4-2-3-11(9-13)15(17)10-19-14-7-5-12(16)6-8-14/h2-9H,10H2,1H3. The van der Waals surface area contributed by atoms with Gasteiger partial charge in [-0.25, -0.2) is 4.39 Å². The quantitative estimate of drug-likeness (QED) is 0.613. The Morgan fingerprint density at radius 3 is 2.63 bits per heavy atom. The first-order valence-corrected chi connectivity index (χ1v) is 6.73. The van der Waals surface area contributed by atoms with E-state index < -0.39 is 0 Å². The molecule has 4 heteroatoms. The number of ketones is 1. The van der Waals surface area contributed by atoms with Crippen molar-refractivity contribution in [2.24, 2.45) is 0 Å². The average Bonchev–Trinajstić information content (AvgIpc) is 2.46. The number of carbonyl (C=O) groups excluding carboxylic acids is 1. The summed E-state index contributed by atoms with van der Waals surface area (Å²) >= 11 is 1.39. The van der Waals surface area contributed by atoms with Crippen LogP contribution in [-0.4, -0.2) is 18.6 Å². The van der Waals surface area contributed by atoms with Gasteiger partial charge in [-0.3, -0.25) is 4.79 Å². The van der Waals surface area contributed by atoms with Crippen LogP contribution in [0.25, 0.3) is 0 Å². The fourth-order valence-corrected chi connectivity index (χ4v) is 2.35. The summed E-state index contributed by atoms with van der Waals surface area (Å²) in [4.78, 5) is 12.9. The molecule has 0 aliphatic rings. The molecule has 0 unspecified atom stereocenters. The summed E-state index contributed by atoms with van der Waals surface area (Å²) in [5, 5.41) is 0. The zero-order chi connectivity index (χ0) is 13.7. The maximum Gasteiger partial charge on any atom is 0.173 e. The predicted octanol–water partition coefficient (Wildman–Crippen LogP) is 3.81. The van der Waals surface area contributed by atoms with Crippen molar-refractivity contribution >= 4 is 17.5 Å². The molecule has 2 nitrogen and oxygen atoms in total. The third-order valence-corrected chi connectivity index (χ3v) is 3.59. The van der Waals surface area contributed by atoms with Crippen LogP contribution in [0.3, 0.4) is 0 Å². The minimum atomic E-state index is -0.275. The van der Waals surface area contributed by atoms with Crippen LogP contribution in [0.4, 0.5) is 4.39 Å². The molecule has 0 spiro atoms. The molecule has 19 heavy (non-hydrogen) atoms. The van der Waals surface area contributed by atoms with Crippen molar-refractivity contribution in [1.82, 2.24) is 0 Å². The predicted molar refractivity (Wildman–Crippen MR) is 74.4 cm³/mol. The Hall–Kier alpha value is -1.81. The van der Waals surface area contributed by atoms with Crippen LogP contribution in [0.15, 0.2) is 53.4 Å². The molecule has 2 aromatic carbocycles. The van der Waals surface area contributed by atoms with Gasteiger partial charge in [0.25, 0.3) is 0 Å². The Balaban J connectivity index is 1.99. The van der Waals surface area contributed by atoms with E-state index in [1.165, 1.54) is 23.9 Å². The normalized spacial score (nSPS) is 10.2. The van der Waals surface area contributed by atoms with Gasteiger partial charge in [0.1, 0.15) is 11.6 Å². The highest BCUT2D eigenvalue weighted by Gasteiger charge is 2.07. The van der Waals surface area contributed by atoms with E-state index in [0.29, 0.717) is 17.1 Å². The van der Waals surface area contributed by atoms with Crippen molar-refractivity contribution < 1.29 is 13.9 Å². The van der Waals surface area contributed by atoms with Gasteiger partial charge in [-0.2, -0.15) is 0 Å². The highest BCUT2D eigenvalue weighted by Crippen LogP contribution is 2.20. The molecule has 2 rings (SSSR count). The van der Waals surface area contributed by atoms with Crippen molar-refractivity contribution in [2.45, 2.75) is 4.90 Å². The minimum Gasteiger partial charge on any atom is -0.497 e. The molecule has 0 aliphatic heterocycles. The number of ether oxygens (including phenoxy) is 1. The lowest BCUT2D eigenvalue weighted by molar-refractivity contribution is 0.102. The summed E-state index contributed by atoms with van der Waals surface area (Å²) in [5.74, 6) is 0.730. The third kappa shape index (κ3) is 3.83. The maximum absolute atomic E-state index is 12.7. The maximum atomic E-state index is 12.7. The zero-order valence-electron chi connectivity index (χ0n) is 10.4. The fourth-order valence-electron chi connectivity index (χ4n) is 1.56. The topological polar surface area (TPSA) is 26.3 Å². The van der Waals surface area contributed by atoms with E-state index in [9.17, 15) is 9.18 Å². The molecule has 98 valence electrons. The number of benzene rings is 2. The summed E-state index contributed by atoms with van der Waals surface area (Å²) in [6.07, 6.45) is 0. The number of hydrogen-bond acceptors (Lipinski definition) is 3. The van der Waals surface area contributed by atoms with Crippen LogP contribution in [-0.2, 0) is 0 Å². The first-order chi connectivity index (χ1) is 9.19. The number of rotatable bonds is 5. The summed E-state index contributed by atoms with van der Waals surface area (Å²) in [7, 11) is 1.57. The lowest BCUT2D eigenvalue weighted by Gasteiger charge is -2.04. The number of thioether (sulfide) groups is 1. The van der Waals surface area contributed by atoms with E-state index in [1.54, 1.807) is 43.5 Å². The fraction of sp³-hybridized carbons (Fsp3) is 0.133. The molecule has 0 heterocycles. The van der Waals surface area contributed by atoms with Crippen molar-refractivity contribution in [3.63, 3.8) is 0 Å². The first-order valence-electron chi connectivity index (χ1n) is 5.74. The molecule has 0 amide bonds. The van der Waals surface area contributed by atoms with Crippen LogP contribution in [0.5, 0.6) is 5.75 Å². The molecule has 0 saturated carbocycles. The van der Waals surface area contributed by atoms with Crippen LogP contribution >= 0.6 is 11.8 Å². The van der Waals surface area contributed by atoms with Gasteiger partial charge >= 0.3 is 0 Å². The van der Waals surface area contributed by atoms with E-state index in [4.69, 9.17) is 4.74 Å². The second kappa shape index (κ2) is 6.38. The van der Waals surface area contributed by atoms with Gasteiger partial charge in [0.2, 0.25) is 0 Å². The van der Waals surface area contributed by atoms with Crippen molar-refractivity contribution in [2.75, 3.05) is 12.9 Å². The average molecular weight is 276 g/mol. The van der Waals surface area contributed by atoms with Crippen LogP contribution in [0.2, 0.25) is 0 Å². The SMILES string of the molecule is COc1cccc(C(=O)CSc2ccc(F)cc2)c1. The number of carbonyl (C=O) groups is 1. The van der Waals surface area contributed by atoms with Crippen molar-refractivity contribution in [1.29, 1.82) is 0 Å². The van der Waals surface area contributed by atoms with E-state index >= 15 is 0 Å². The largest absolute Gasteiger partial charge is 0.497 e. The summed E-state index contributed by atoms with van der Waals surface area (Å²) in [6, 6.07) is 13.2. The third-order valence-electron chi connectivity index (χ3n) is 2.58. The van der Waals surface area contributed by atoms with Crippen molar-refractivity contribution in [3.8, 4) is 5.75 Å². The van der Waals surface area contributed by atoms with Gasteiger partial charge in [0.15, 0.2) is 5.78 Å². The summed E-state index contributed by atoms with van der Waals surface area (Å²) < 4.78 is 17.8. The molecular formula is C15H13FO2S. The second-order valence-electron chi connectivity index (χ2n) is 3.90. The lowest BCUT2D eigenvalue weighted by atomic mass is 10.1. The second-order valence-corrected chi connectivity index (χ2v) is 4.95. The Labute approximate surface area is 115 Å². The molecule has 0 aliphatic carbocycles. The van der Waals surface area contributed by atoms with Gasteiger partial charge in [0.05, 0.1) is 12.9 Å². The number of halogens is 1. The molecule has 0 radical (unpaired) electrons. The molecule has 0 bridgehead atoms. The Morgan fingerprint density at radius 2 is 1.95 bits per heavy atom. The van der Waals surface area contributed by atoms with Crippen LogP contribution in [0.1, 0.15) is 10.4 Å². The molecule has 0 N–H and O–H groups in total. The Morgan fingerprint density at radius 1 is 1.21 bits per heavy atom. The molecular weight excluding hydrogens is 263 g/mol. The van der Waals surface area contributed by atoms with E-state index in [1.807, 2.05) is 0 Å². The van der Waals surface area contributed by atoms with Gasteiger partial charge < -0.3 is 4.74 Å². The first kappa shape index (κ1) is 13.6. The number of Topliss-reactive ketones (excluding diaryl/α,β-unsaturated/α-hetero) is 1. The number of hydrogen-bond donors (Lipinski definition) is 0. The monoisotopic (exact) mass is 276 g/mol. The number of methoxy groups -OCH3 is 1. The van der Waals surface area contributed by atoms with Crippen molar-refractivity contribution in [3.05, 3.63) is 59.9 Å². The van der Waals surface area contributed by atoms with E-state index in [-0.39, 0.29) is 11.6 Å². The van der Waals surface area contributed by atoms with Crippen LogP contribution < -0.4 is 4.74 Å². The summed E-state index contributed by atoms with van der Waals surface area (Å²) in [5.41, 5.74) is 0.619. The van der Waals surface area contributed by atoms with Gasteiger partial charge in [-0.1, -0.05) is 12.1 Å². The Bertz CT molecular complexity index is 567. The highest BCUT2D eigenvalue weighted by atomic mass is 32.2. The Kier molecular flexibility index (Phi) is 4.58. The zero-order valence-corrected chi connectivity index (χ0v) is 11.2. The molecule has 0 aromatic heterocycles. The van der Waals surface area contributed by atoms with Gasteiger partial charge in [-0.05, 0) is 36.4 Å². The highest BCUT2D eigenvalue weighted by molar-refractivity contribution is 8.00. The lowest BCUT2D eigenvalue weighted by Crippen LogP contribution is -2.02. The van der Waals surface area contributed by atoms with E-state index in [0.717, 1.165) is 4.90 Å². The van der Waals surface area contributed by atoms with Gasteiger partial charge in [-0.15, -0.1) is 11.8 Å². The molecule has 0 saturated heterocycles. The molecule has 0 atom stereocenters. The van der Waals surface area contributed by atoms with Gasteiger partial charge in [0, 0.05) is 10.5 Å². The van der Waals surface area contributed by atoms with E-state index in [2.05, 4.69) is 0 Å². The summed E-state index contributed by atoms with van der Waals surface area (Å²) in [6.45, 7) is 0. The van der Waals surface area contributed by atoms with Crippen LogP contribution in [0, 0.1) is 5.82 Å². The molecule has 0 fully saturated rings. The minimum absolute atomic E-state index is 0.0215. The smallest absolute Gasteiger partial charge is 0.173 e.